The molecule has 4 aromatic rings. The van der Waals surface area contributed by atoms with Crippen molar-refractivity contribution in [3.63, 3.8) is 0 Å². The van der Waals surface area contributed by atoms with Crippen LogP contribution in [0.25, 0.3) is 27.9 Å². The molecule has 0 bridgehead atoms. The van der Waals surface area contributed by atoms with E-state index in [0.29, 0.717) is 53.8 Å². The lowest BCUT2D eigenvalue weighted by Gasteiger charge is -2.15. The van der Waals surface area contributed by atoms with Crippen molar-refractivity contribution < 1.29 is 24.6 Å². The molecule has 4 rings (SSSR count). The third kappa shape index (κ3) is 7.50. The van der Waals surface area contributed by atoms with Crippen LogP contribution in [0, 0.1) is 23.7 Å². The van der Waals surface area contributed by atoms with Crippen LogP contribution in [0.15, 0.2) is 66.9 Å². The zero-order valence-corrected chi connectivity index (χ0v) is 24.7. The Labute approximate surface area is 255 Å². The van der Waals surface area contributed by atoms with Crippen LogP contribution in [-0.2, 0) is 9.59 Å². The predicted molar refractivity (Wildman–Crippen MR) is 167 cm³/mol. The number of nitrogens with zero attached hydrogens (tertiary/aromatic N) is 4. The van der Waals surface area contributed by atoms with Gasteiger partial charge in [0.2, 0.25) is 12.2 Å². The molecule has 0 saturated carbocycles. The number of pyridine rings is 1. The van der Waals surface area contributed by atoms with Crippen molar-refractivity contribution in [2.75, 3.05) is 27.2 Å². The van der Waals surface area contributed by atoms with Crippen LogP contribution in [0.2, 0.25) is 0 Å². The van der Waals surface area contributed by atoms with Crippen molar-refractivity contribution in [1.82, 2.24) is 19.2 Å². The van der Waals surface area contributed by atoms with Crippen LogP contribution in [0.1, 0.15) is 35.1 Å². The van der Waals surface area contributed by atoms with E-state index in [9.17, 15) is 24.6 Å². The summed E-state index contributed by atoms with van der Waals surface area (Å²) < 4.78 is 1.62. The summed E-state index contributed by atoms with van der Waals surface area (Å²) in [4.78, 5) is 42.6. The minimum atomic E-state index is -1.45. The summed E-state index contributed by atoms with van der Waals surface area (Å²) in [6.45, 7) is 2.65. The third-order valence-electron chi connectivity index (χ3n) is 6.95. The Morgan fingerprint density at radius 1 is 0.977 bits per heavy atom. The van der Waals surface area contributed by atoms with E-state index in [-0.39, 0.29) is 5.82 Å². The van der Waals surface area contributed by atoms with E-state index in [0.717, 1.165) is 11.1 Å². The molecule has 0 aliphatic heterocycles. The highest BCUT2D eigenvalue weighted by Gasteiger charge is 2.18. The second kappa shape index (κ2) is 14.2. The summed E-state index contributed by atoms with van der Waals surface area (Å²) in [5.41, 5.74) is 10.4. The van der Waals surface area contributed by atoms with E-state index < -0.39 is 24.0 Å². The first-order valence-corrected chi connectivity index (χ1v) is 13.9. The van der Waals surface area contributed by atoms with Crippen LogP contribution in [0.4, 0.5) is 0 Å². The minimum Gasteiger partial charge on any atom is -0.380 e. The van der Waals surface area contributed by atoms with Gasteiger partial charge in [0.15, 0.2) is 6.10 Å². The summed E-state index contributed by atoms with van der Waals surface area (Å²) in [5, 5.41) is 20.4. The molecule has 0 saturated heterocycles. The molecule has 10 nitrogen and oxygen atoms in total. The smallest absolute Gasteiger partial charge is 0.285 e. The summed E-state index contributed by atoms with van der Waals surface area (Å²) in [7, 11) is 3.23. The fraction of sp³-hybridized carbons (Fsp3) is 0.235. The van der Waals surface area contributed by atoms with Gasteiger partial charge in [-0.05, 0) is 54.4 Å². The van der Waals surface area contributed by atoms with Crippen molar-refractivity contribution in [2.45, 2.75) is 25.6 Å². The number of amides is 3. The molecule has 2 atom stereocenters. The molecule has 2 aromatic carbocycles. The summed E-state index contributed by atoms with van der Waals surface area (Å²) in [5.74, 6) is 10.1. The SMILES string of the molecule is CCN(C)C(=O)[C@H](O)C#Cc1cccc(-c2nc(C(N)=O)n3ccc(-c4cccc(C#C[C@H](O)CCN(C)C=O)c4)cc23)c1. The average Bonchev–Trinajstić information content (AvgIpc) is 3.44. The Morgan fingerprint density at radius 2 is 1.61 bits per heavy atom. The first-order valence-electron chi connectivity index (χ1n) is 13.9. The van der Waals surface area contributed by atoms with Gasteiger partial charge < -0.3 is 25.7 Å². The fourth-order valence-electron chi connectivity index (χ4n) is 4.37. The maximum atomic E-state index is 12.3. The van der Waals surface area contributed by atoms with E-state index >= 15 is 0 Å². The molecule has 2 aromatic heterocycles. The monoisotopic (exact) mass is 591 g/mol. The van der Waals surface area contributed by atoms with Gasteiger partial charge in [-0.1, -0.05) is 47.9 Å². The number of imidazole rings is 1. The number of rotatable bonds is 9. The van der Waals surface area contributed by atoms with Crippen molar-refractivity contribution in [1.29, 1.82) is 0 Å². The Hall–Kier alpha value is -5.42. The molecular formula is C34H33N5O5. The van der Waals surface area contributed by atoms with E-state index in [1.165, 1.54) is 9.80 Å². The quantitative estimate of drug-likeness (QED) is 0.201. The number of carbonyl (C=O) groups excluding carboxylic acids is 3. The van der Waals surface area contributed by atoms with Crippen molar-refractivity contribution in [3.8, 4) is 46.1 Å². The number of benzene rings is 2. The van der Waals surface area contributed by atoms with E-state index in [4.69, 9.17) is 5.73 Å². The number of fused-ring (bicyclic) bond motifs is 1. The summed E-state index contributed by atoms with van der Waals surface area (Å²) in [6.07, 6.45) is 0.441. The molecule has 2 heterocycles. The van der Waals surface area contributed by atoms with E-state index in [1.54, 1.807) is 49.8 Å². The van der Waals surface area contributed by atoms with Gasteiger partial charge in [0.1, 0.15) is 6.10 Å². The normalized spacial score (nSPS) is 11.8. The predicted octanol–water partition coefficient (Wildman–Crippen LogP) is 2.15. The lowest BCUT2D eigenvalue weighted by atomic mass is 10.0. The van der Waals surface area contributed by atoms with Gasteiger partial charge in [0, 0.05) is 56.5 Å². The van der Waals surface area contributed by atoms with Crippen LogP contribution >= 0.6 is 0 Å². The highest BCUT2D eigenvalue weighted by molar-refractivity contribution is 5.94. The fourth-order valence-corrected chi connectivity index (χ4v) is 4.37. The van der Waals surface area contributed by atoms with Gasteiger partial charge in [-0.3, -0.25) is 18.8 Å². The van der Waals surface area contributed by atoms with Crippen molar-refractivity contribution in [3.05, 3.63) is 83.8 Å². The van der Waals surface area contributed by atoms with Crippen LogP contribution in [0.3, 0.4) is 0 Å². The van der Waals surface area contributed by atoms with Gasteiger partial charge in [-0.2, -0.15) is 0 Å². The maximum absolute atomic E-state index is 12.3. The number of hydrogen-bond acceptors (Lipinski definition) is 6. The summed E-state index contributed by atoms with van der Waals surface area (Å²) >= 11 is 0. The van der Waals surface area contributed by atoms with E-state index in [1.807, 2.05) is 42.5 Å². The largest absolute Gasteiger partial charge is 0.380 e. The second-order valence-corrected chi connectivity index (χ2v) is 10.2. The number of aromatic nitrogens is 2. The average molecular weight is 592 g/mol. The Morgan fingerprint density at radius 3 is 2.27 bits per heavy atom. The number of nitrogens with two attached hydrogens (primary N) is 1. The maximum Gasteiger partial charge on any atom is 0.285 e. The zero-order chi connectivity index (χ0) is 31.8. The number of aliphatic hydroxyl groups is 2. The Kier molecular flexibility index (Phi) is 10.1. The molecular weight excluding hydrogens is 558 g/mol. The van der Waals surface area contributed by atoms with Gasteiger partial charge in [0.25, 0.3) is 11.8 Å². The molecule has 0 aliphatic carbocycles. The van der Waals surface area contributed by atoms with Gasteiger partial charge in [-0.25, -0.2) is 4.98 Å². The number of aliphatic hydroxyl groups excluding tert-OH is 2. The van der Waals surface area contributed by atoms with Crippen LogP contribution in [0.5, 0.6) is 0 Å². The second-order valence-electron chi connectivity index (χ2n) is 10.2. The molecule has 4 N–H and O–H groups in total. The zero-order valence-electron chi connectivity index (χ0n) is 24.7. The van der Waals surface area contributed by atoms with Crippen LogP contribution in [-0.4, -0.2) is 87.0 Å². The van der Waals surface area contributed by atoms with Crippen molar-refractivity contribution in [2.24, 2.45) is 5.73 Å². The lowest BCUT2D eigenvalue weighted by molar-refractivity contribution is -0.135. The van der Waals surface area contributed by atoms with Crippen molar-refractivity contribution >= 4 is 23.7 Å². The first kappa shape index (κ1) is 31.5. The molecule has 3 amide bonds. The molecule has 224 valence electrons. The number of hydrogen-bond donors (Lipinski definition) is 3. The number of likely N-dealkylation sites (N-methyl/N-ethyl adjacent to an activating group) is 1. The molecule has 0 fully saturated rings. The minimum absolute atomic E-state index is 0.0653. The molecule has 0 radical (unpaired) electrons. The number of carbonyl (C=O) groups is 3. The Balaban J connectivity index is 1.68. The molecule has 44 heavy (non-hydrogen) atoms. The standard InChI is InChI=1S/C34H33N5O5/c1-4-38(3)34(44)30(42)14-12-24-8-6-10-27(20-24)31-29-21-26(15-18-39(29)33(36-31)32(35)43)25-9-5-7-23(19-25)11-13-28(41)16-17-37(2)22-40/h5-10,15,18-22,28,30,41-42H,4,16-17H2,1-3H3,(H2,35,43)/t28-,30+/m0/s1. The molecule has 0 aliphatic rings. The van der Waals surface area contributed by atoms with Gasteiger partial charge in [-0.15, -0.1) is 0 Å². The third-order valence-corrected chi connectivity index (χ3v) is 6.95. The number of primary amides is 1. The molecule has 0 spiro atoms. The van der Waals surface area contributed by atoms with Gasteiger partial charge in [0.05, 0.1) is 11.2 Å². The molecule has 10 heteroatoms. The lowest BCUT2D eigenvalue weighted by Crippen LogP contribution is -2.35. The first-order chi connectivity index (χ1) is 21.1. The highest BCUT2D eigenvalue weighted by Crippen LogP contribution is 2.30. The highest BCUT2D eigenvalue weighted by atomic mass is 16.3. The summed E-state index contributed by atoms with van der Waals surface area (Å²) in [6, 6.07) is 18.4. The van der Waals surface area contributed by atoms with E-state index in [2.05, 4.69) is 28.7 Å². The van der Waals surface area contributed by atoms with Gasteiger partial charge >= 0.3 is 0 Å². The Bertz CT molecular complexity index is 1820. The van der Waals surface area contributed by atoms with Crippen LogP contribution < -0.4 is 5.73 Å². The topological polar surface area (TPSA) is 141 Å². The molecule has 0 unspecified atom stereocenters.